The van der Waals surface area contributed by atoms with Crippen LogP contribution in [-0.2, 0) is 11.2 Å². The number of hydrogen-bond acceptors (Lipinski definition) is 4. The van der Waals surface area contributed by atoms with Gasteiger partial charge in [-0.05, 0) is 25.0 Å². The molecule has 4 heteroatoms. The van der Waals surface area contributed by atoms with E-state index in [1.54, 1.807) is 19.2 Å². The van der Waals surface area contributed by atoms with Gasteiger partial charge in [0.25, 0.3) is 0 Å². The van der Waals surface area contributed by atoms with Gasteiger partial charge in [0.05, 0.1) is 18.9 Å². The van der Waals surface area contributed by atoms with E-state index >= 15 is 0 Å². The zero-order valence-electron chi connectivity index (χ0n) is 12.0. The van der Waals surface area contributed by atoms with Crippen molar-refractivity contribution in [1.29, 1.82) is 0 Å². The Bertz CT molecular complexity index is 697. The van der Waals surface area contributed by atoms with Crippen LogP contribution >= 0.6 is 0 Å². The lowest BCUT2D eigenvalue weighted by Crippen LogP contribution is -2.08. The minimum atomic E-state index is -0.120. The number of hydrogen-bond donors (Lipinski definition) is 0. The van der Waals surface area contributed by atoms with Gasteiger partial charge in [0.15, 0.2) is 5.43 Å². The fourth-order valence-corrected chi connectivity index (χ4v) is 2.27. The Kier molecular flexibility index (Phi) is 4.23. The van der Waals surface area contributed by atoms with Crippen LogP contribution in [0.4, 0.5) is 0 Å². The summed E-state index contributed by atoms with van der Waals surface area (Å²) in [5.74, 6) is 1.12. The molecule has 0 N–H and O–H groups in total. The van der Waals surface area contributed by atoms with Crippen molar-refractivity contribution in [3.8, 4) is 5.75 Å². The Morgan fingerprint density at radius 3 is 2.70 bits per heavy atom. The Balaban J connectivity index is 2.50. The third-order valence-electron chi connectivity index (χ3n) is 3.19. The minimum absolute atomic E-state index is 0.0784. The normalized spacial score (nSPS) is 10.8. The molecule has 106 valence electrons. The molecule has 0 saturated carbocycles. The highest BCUT2D eigenvalue weighted by Crippen LogP contribution is 2.23. The molecule has 1 heterocycles. The summed E-state index contributed by atoms with van der Waals surface area (Å²) in [5, 5.41) is 0.539. The first kappa shape index (κ1) is 14.3. The molecular weight excluding hydrogens is 256 g/mol. The standard InChI is InChI=1S/C16H18O4/c1-4-5-11(17)7-13-8-14(18)16-10(2)6-12(19-3)9-15(16)20-13/h6,8-9H,4-5,7H2,1-3H3. The molecule has 0 unspecified atom stereocenters. The predicted octanol–water partition coefficient (Wildman–Crippen LogP) is 3.02. The number of Topliss-reactive ketones (excluding diaryl/α,β-unsaturated/α-hetero) is 1. The molecular formula is C16H18O4. The van der Waals surface area contributed by atoms with Crippen LogP contribution < -0.4 is 10.2 Å². The molecule has 0 aliphatic carbocycles. The number of carbonyl (C=O) groups excluding carboxylic acids is 1. The second-order valence-electron chi connectivity index (χ2n) is 4.86. The van der Waals surface area contributed by atoms with E-state index in [1.807, 2.05) is 13.8 Å². The summed E-state index contributed by atoms with van der Waals surface area (Å²) in [6, 6.07) is 4.88. The molecule has 0 bridgehead atoms. The molecule has 0 fully saturated rings. The molecule has 0 atom stereocenters. The maximum absolute atomic E-state index is 12.1. The summed E-state index contributed by atoms with van der Waals surface area (Å²) in [6.07, 6.45) is 1.46. The van der Waals surface area contributed by atoms with Crippen molar-refractivity contribution in [2.24, 2.45) is 0 Å². The number of fused-ring (bicyclic) bond motifs is 1. The van der Waals surface area contributed by atoms with Crippen LogP contribution in [0.15, 0.2) is 27.4 Å². The third-order valence-corrected chi connectivity index (χ3v) is 3.19. The molecule has 20 heavy (non-hydrogen) atoms. The van der Waals surface area contributed by atoms with Gasteiger partial charge < -0.3 is 9.15 Å². The van der Waals surface area contributed by atoms with Gasteiger partial charge in [-0.15, -0.1) is 0 Å². The lowest BCUT2D eigenvalue weighted by molar-refractivity contribution is -0.118. The highest BCUT2D eigenvalue weighted by Gasteiger charge is 2.11. The van der Waals surface area contributed by atoms with Crippen LogP contribution in [0.1, 0.15) is 31.1 Å². The zero-order chi connectivity index (χ0) is 14.7. The summed E-state index contributed by atoms with van der Waals surface area (Å²) >= 11 is 0. The van der Waals surface area contributed by atoms with Crippen LogP contribution in [-0.4, -0.2) is 12.9 Å². The van der Waals surface area contributed by atoms with E-state index in [9.17, 15) is 9.59 Å². The minimum Gasteiger partial charge on any atom is -0.497 e. The van der Waals surface area contributed by atoms with Crippen LogP contribution in [0.2, 0.25) is 0 Å². The van der Waals surface area contributed by atoms with Gasteiger partial charge in [-0.25, -0.2) is 0 Å². The van der Waals surface area contributed by atoms with Crippen LogP contribution in [0.25, 0.3) is 11.0 Å². The van der Waals surface area contributed by atoms with Crippen LogP contribution in [0, 0.1) is 6.92 Å². The average molecular weight is 274 g/mol. The molecule has 0 aliphatic heterocycles. The summed E-state index contributed by atoms with van der Waals surface area (Å²) in [4.78, 5) is 23.8. The molecule has 1 aromatic heterocycles. The first-order valence-electron chi connectivity index (χ1n) is 6.68. The maximum atomic E-state index is 12.1. The molecule has 0 saturated heterocycles. The van der Waals surface area contributed by atoms with Crippen LogP contribution in [0.3, 0.4) is 0 Å². The van der Waals surface area contributed by atoms with Crippen molar-refractivity contribution in [3.63, 3.8) is 0 Å². The van der Waals surface area contributed by atoms with Gasteiger partial charge >= 0.3 is 0 Å². The van der Waals surface area contributed by atoms with Gasteiger partial charge in [0.1, 0.15) is 22.9 Å². The second-order valence-corrected chi connectivity index (χ2v) is 4.86. The van der Waals surface area contributed by atoms with Gasteiger partial charge in [-0.3, -0.25) is 9.59 Å². The van der Waals surface area contributed by atoms with E-state index in [2.05, 4.69) is 0 Å². The van der Waals surface area contributed by atoms with Crippen molar-refractivity contribution in [2.45, 2.75) is 33.1 Å². The van der Waals surface area contributed by atoms with E-state index in [1.165, 1.54) is 6.07 Å². The number of methoxy groups -OCH3 is 1. The number of aryl methyl sites for hydroxylation is 1. The maximum Gasteiger partial charge on any atom is 0.193 e. The molecule has 0 spiro atoms. The molecule has 2 rings (SSSR count). The highest BCUT2D eigenvalue weighted by atomic mass is 16.5. The van der Waals surface area contributed by atoms with E-state index in [-0.39, 0.29) is 17.6 Å². The Morgan fingerprint density at radius 2 is 2.05 bits per heavy atom. The van der Waals surface area contributed by atoms with Gasteiger partial charge in [0.2, 0.25) is 0 Å². The number of ether oxygens (including phenoxy) is 1. The molecule has 0 aliphatic rings. The molecule has 0 amide bonds. The van der Waals surface area contributed by atoms with Crippen molar-refractivity contribution < 1.29 is 13.9 Å². The highest BCUT2D eigenvalue weighted by molar-refractivity contribution is 5.83. The lowest BCUT2D eigenvalue weighted by atomic mass is 10.1. The lowest BCUT2D eigenvalue weighted by Gasteiger charge is -2.07. The van der Waals surface area contributed by atoms with Crippen molar-refractivity contribution >= 4 is 16.8 Å². The monoisotopic (exact) mass is 274 g/mol. The summed E-state index contributed by atoms with van der Waals surface area (Å²) in [7, 11) is 1.56. The van der Waals surface area contributed by atoms with E-state index < -0.39 is 0 Å². The quantitative estimate of drug-likeness (QED) is 0.841. The van der Waals surface area contributed by atoms with Crippen molar-refractivity contribution in [2.75, 3.05) is 7.11 Å². The number of rotatable bonds is 5. The Morgan fingerprint density at radius 1 is 1.30 bits per heavy atom. The van der Waals surface area contributed by atoms with Gasteiger partial charge in [-0.2, -0.15) is 0 Å². The first-order valence-corrected chi connectivity index (χ1v) is 6.68. The molecule has 4 nitrogen and oxygen atoms in total. The van der Waals surface area contributed by atoms with Crippen molar-refractivity contribution in [1.82, 2.24) is 0 Å². The van der Waals surface area contributed by atoms with E-state index in [0.717, 1.165) is 12.0 Å². The predicted molar refractivity (Wildman–Crippen MR) is 77.4 cm³/mol. The zero-order valence-corrected chi connectivity index (χ0v) is 12.0. The largest absolute Gasteiger partial charge is 0.497 e. The van der Waals surface area contributed by atoms with E-state index in [4.69, 9.17) is 9.15 Å². The fraction of sp³-hybridized carbons (Fsp3) is 0.375. The van der Waals surface area contributed by atoms with E-state index in [0.29, 0.717) is 28.9 Å². The van der Waals surface area contributed by atoms with Crippen LogP contribution in [0.5, 0.6) is 5.75 Å². The topological polar surface area (TPSA) is 56.5 Å². The molecule has 2 aromatic rings. The van der Waals surface area contributed by atoms with Crippen molar-refractivity contribution in [3.05, 3.63) is 39.7 Å². The third kappa shape index (κ3) is 2.90. The summed E-state index contributed by atoms with van der Waals surface area (Å²) < 4.78 is 10.9. The SMILES string of the molecule is CCCC(=O)Cc1cc(=O)c2c(C)cc(OC)cc2o1. The van der Waals surface area contributed by atoms with Gasteiger partial charge in [0, 0.05) is 18.6 Å². The molecule has 1 aromatic carbocycles. The summed E-state index contributed by atoms with van der Waals surface area (Å²) in [5.41, 5.74) is 1.15. The van der Waals surface area contributed by atoms with Gasteiger partial charge in [-0.1, -0.05) is 6.92 Å². The Labute approximate surface area is 117 Å². The number of ketones is 1. The average Bonchev–Trinajstić information content (AvgIpc) is 2.37. The second kappa shape index (κ2) is 5.90. The number of benzene rings is 1. The Hall–Kier alpha value is -2.10. The fourth-order valence-electron chi connectivity index (χ4n) is 2.27. The first-order chi connectivity index (χ1) is 9.55. The summed E-state index contributed by atoms with van der Waals surface area (Å²) in [6.45, 7) is 3.78. The number of carbonyl (C=O) groups is 1. The molecule has 0 radical (unpaired) electrons. The smallest absolute Gasteiger partial charge is 0.193 e.